The van der Waals surface area contributed by atoms with E-state index in [-0.39, 0.29) is 70.9 Å². The van der Waals surface area contributed by atoms with Crippen molar-refractivity contribution < 1.29 is 102 Å². The van der Waals surface area contributed by atoms with Gasteiger partial charge >= 0.3 is 56.1 Å². The molecule has 0 unspecified atom stereocenters. The Balaban J connectivity index is -0.0000000128. The Bertz CT molecular complexity index is 213. The van der Waals surface area contributed by atoms with Crippen molar-refractivity contribution in [2.45, 2.75) is 0 Å². The predicted octanol–water partition coefficient (Wildman–Crippen LogP) is -6.36. The molecule has 0 atom stereocenters. The molecule has 8 nitrogen and oxygen atoms in total. The summed E-state index contributed by atoms with van der Waals surface area (Å²) in [6.45, 7) is 0. The summed E-state index contributed by atoms with van der Waals surface area (Å²) in [5, 5.41) is 0. The first-order valence-electron chi connectivity index (χ1n) is 1.43. The summed E-state index contributed by atoms with van der Waals surface area (Å²) in [4.78, 5) is 21.6. The van der Waals surface area contributed by atoms with Crippen LogP contribution in [-0.2, 0) is 58.9 Å². The van der Waals surface area contributed by atoms with Crippen LogP contribution in [0.3, 0.4) is 0 Å². The van der Waals surface area contributed by atoms with Crippen LogP contribution in [0, 0.1) is 0 Å². The van der Waals surface area contributed by atoms with Gasteiger partial charge in [-0.1, -0.05) is 0 Å². The fourth-order valence-corrected chi connectivity index (χ4v) is 0. The van der Waals surface area contributed by atoms with Gasteiger partial charge in [-0.25, -0.2) is 4.57 Å². The topological polar surface area (TPSA) is 152 Å². The zero-order valence-corrected chi connectivity index (χ0v) is 10.0. The van der Waals surface area contributed by atoms with Gasteiger partial charge in [0, 0.05) is 33.3 Å². The molecule has 0 aliphatic heterocycles. The zero-order chi connectivity index (χ0) is 9.00. The number of hydrogen-bond acceptors (Lipinski definition) is 3. The Hall–Kier alpha value is 2.28. The Morgan fingerprint density at radius 3 is 1.07 bits per heavy atom. The van der Waals surface area contributed by atoms with E-state index in [1.54, 1.807) is 0 Å². The van der Waals surface area contributed by atoms with Crippen LogP contribution in [0.4, 0.5) is 0 Å². The first kappa shape index (κ1) is 36.0. The van der Waals surface area contributed by atoms with Crippen LogP contribution >= 0.6 is 7.82 Å². The molecule has 5 N–H and O–H groups in total. The third-order valence-electron chi connectivity index (χ3n) is 0. The van der Waals surface area contributed by atoms with Gasteiger partial charge in [-0.05, 0) is 0 Å². The molecule has 0 saturated heterocycles. The van der Waals surface area contributed by atoms with Crippen molar-refractivity contribution in [2.75, 3.05) is 0 Å². The fourth-order valence-electron chi connectivity index (χ4n) is 0. The second-order valence-electron chi connectivity index (χ2n) is 0.928. The Labute approximate surface area is 126 Å². The quantitative estimate of drug-likeness (QED) is 0.207. The second-order valence-corrected chi connectivity index (χ2v) is 3.25. The first-order chi connectivity index (χ1) is 4.00. The molecule has 0 aromatic heterocycles. The summed E-state index contributed by atoms with van der Waals surface area (Å²) >= 11 is -5.12. The van der Waals surface area contributed by atoms with Crippen LogP contribution in [0.25, 0.3) is 0 Å². The minimum atomic E-state index is -5.12. The molecule has 1 radical (unpaired) electrons. The van der Waals surface area contributed by atoms with Crippen molar-refractivity contribution in [2.24, 2.45) is 0 Å². The van der Waals surface area contributed by atoms with E-state index in [1.165, 1.54) is 0 Å². The van der Waals surface area contributed by atoms with Crippen LogP contribution < -0.4 is 18.9 Å². The van der Waals surface area contributed by atoms with E-state index in [0.29, 0.717) is 0 Å². The molecule has 0 amide bonds. The van der Waals surface area contributed by atoms with E-state index in [1.807, 2.05) is 0 Å². The zero-order valence-electron chi connectivity index (χ0n) is 6.94. The molecule has 92 valence electrons. The standard InChI is InChI=1S/Al.Co.Li.Mn.Ni.H3O4P.2H2O.2O.4H/c;;;;;1-5(2,3)4;;;;;;;;/h;;;;;(H3,1,2,3,4);2*1H2;;;;;;/q;;+1;+2;;;;;;;;;;-1/p-2. The molecule has 0 aliphatic rings. The van der Waals surface area contributed by atoms with E-state index in [9.17, 15) is 0 Å². The van der Waals surface area contributed by atoms with Crippen LogP contribution in [0.5, 0.6) is 0 Å². The predicted molar refractivity (Wildman–Crippen MR) is 31.1 cm³/mol. The van der Waals surface area contributed by atoms with Gasteiger partial charge in [0.05, 0.1) is 0 Å². The summed E-state index contributed by atoms with van der Waals surface area (Å²) < 4.78 is 40.7. The van der Waals surface area contributed by atoms with Gasteiger partial charge in [-0.15, -0.1) is 0 Å². The van der Waals surface area contributed by atoms with E-state index in [4.69, 9.17) is 35.3 Å². The van der Waals surface area contributed by atoms with Gasteiger partial charge in [0.1, 0.15) is 0 Å². The molecule has 0 rings (SSSR count). The average Bonchev–Trinajstić information content (AvgIpc) is 1.12. The van der Waals surface area contributed by atoms with Crippen molar-refractivity contribution in [3.8, 4) is 0 Å². The molecule has 14 heavy (non-hydrogen) atoms. The van der Waals surface area contributed by atoms with Gasteiger partial charge in [0.15, 0.2) is 17.4 Å². The van der Waals surface area contributed by atoms with Gasteiger partial charge in [-0.3, -0.25) is 0 Å². The number of hydrogen-bond donors (Lipinski definition) is 5. The van der Waals surface area contributed by atoms with Crippen LogP contribution in [-0.4, -0.2) is 40.4 Å². The monoisotopic (exact) mass is 374 g/mol. The van der Waals surface area contributed by atoms with Crippen molar-refractivity contribution in [1.82, 2.24) is 0 Å². The van der Waals surface area contributed by atoms with Gasteiger partial charge < -0.3 is 16.1 Å². The van der Waals surface area contributed by atoms with E-state index >= 15 is 0 Å². The van der Waals surface area contributed by atoms with Crippen molar-refractivity contribution in [3.05, 3.63) is 0 Å². The second kappa shape index (κ2) is 15.3. The van der Waals surface area contributed by atoms with E-state index in [2.05, 4.69) is 0 Å². The maximum atomic E-state index is 8.88. The Morgan fingerprint density at radius 2 is 1.07 bits per heavy atom. The summed E-state index contributed by atoms with van der Waals surface area (Å²) in [6.07, 6.45) is 0. The summed E-state index contributed by atoms with van der Waals surface area (Å²) in [7, 11) is -4.64. The molecule has 0 fully saturated rings. The Kier molecular flexibility index (Phi) is 39.3. The normalized spacial score (nSPS) is 8.36. The minimum absolute atomic E-state index is 0. The fraction of sp³-hybridized carbons (Fsp3) is 0. The van der Waals surface area contributed by atoms with Crippen molar-refractivity contribution in [1.29, 1.82) is 0 Å². The van der Waals surface area contributed by atoms with Gasteiger partial charge in [0.2, 0.25) is 0 Å². The third kappa shape index (κ3) is 485. The van der Waals surface area contributed by atoms with Crippen molar-refractivity contribution >= 4 is 25.2 Å². The Morgan fingerprint density at radius 1 is 1.07 bits per heavy atom. The average molecular weight is 375 g/mol. The molecular formula is H9AlCoLiMnNiO8P. The van der Waals surface area contributed by atoms with Gasteiger partial charge in [0.25, 0.3) is 0 Å². The molecule has 0 aromatic rings. The summed E-state index contributed by atoms with van der Waals surface area (Å²) in [5.74, 6) is 0. The SMILES string of the molecule is O=P(O)(O)O.[AlH3].[Co].[H-].[Li+].[Ni].[O]=[Mn](=[O])([OH])[OH]. The van der Waals surface area contributed by atoms with E-state index in [0.717, 1.165) is 0 Å². The molecular weight excluding hydrogens is 365 g/mol. The van der Waals surface area contributed by atoms with E-state index < -0.39 is 21.2 Å². The molecule has 0 bridgehead atoms. The molecule has 0 aromatic carbocycles. The molecule has 0 spiro atoms. The molecule has 0 heterocycles. The maximum absolute atomic E-state index is 8.88. The summed E-state index contributed by atoms with van der Waals surface area (Å²) in [6, 6.07) is 0. The molecule has 14 heteroatoms. The summed E-state index contributed by atoms with van der Waals surface area (Å²) in [5.41, 5.74) is 0. The molecule has 0 aliphatic carbocycles. The first-order valence-corrected chi connectivity index (χ1v) is 5.01. The van der Waals surface area contributed by atoms with Gasteiger partial charge in [-0.2, -0.15) is 0 Å². The van der Waals surface area contributed by atoms with Crippen molar-refractivity contribution in [3.63, 3.8) is 0 Å². The van der Waals surface area contributed by atoms with Crippen LogP contribution in [0.15, 0.2) is 0 Å². The van der Waals surface area contributed by atoms with Crippen LogP contribution in [0.1, 0.15) is 1.43 Å². The third-order valence-corrected chi connectivity index (χ3v) is 0. The number of rotatable bonds is 0. The number of phosphoric acid groups is 1. The molecule has 0 saturated carbocycles. The van der Waals surface area contributed by atoms with Crippen LogP contribution in [0.2, 0.25) is 0 Å².